The van der Waals surface area contributed by atoms with Gasteiger partial charge in [0.05, 0.1) is 34.2 Å². The van der Waals surface area contributed by atoms with Crippen LogP contribution in [0.2, 0.25) is 0 Å². The summed E-state index contributed by atoms with van der Waals surface area (Å²) in [6, 6.07) is 2.87. The number of pyridine rings is 1. The van der Waals surface area contributed by atoms with Crippen molar-refractivity contribution in [1.29, 1.82) is 0 Å². The molecule has 0 aliphatic carbocycles. The molecule has 0 aliphatic heterocycles. The molecular formula is C14H11BrF2N4. The Morgan fingerprint density at radius 2 is 1.90 bits per heavy atom. The number of hydrogen-bond donors (Lipinski definition) is 2. The molecule has 7 heteroatoms. The molecule has 0 bridgehead atoms. The third kappa shape index (κ3) is 2.79. The molecule has 0 saturated heterocycles. The molecule has 108 valence electrons. The van der Waals surface area contributed by atoms with E-state index in [9.17, 15) is 8.78 Å². The summed E-state index contributed by atoms with van der Waals surface area (Å²) in [5.41, 5.74) is 8.70. The number of H-pyrrole nitrogens is 1. The Hall–Kier alpha value is -1.86. The molecule has 0 saturated carbocycles. The zero-order valence-electron chi connectivity index (χ0n) is 10.8. The summed E-state index contributed by atoms with van der Waals surface area (Å²) in [6.45, 7) is 0. The molecule has 2 heterocycles. The lowest BCUT2D eigenvalue weighted by molar-refractivity contribution is 0.575. The summed E-state index contributed by atoms with van der Waals surface area (Å²) in [5.74, 6) is -1.24. The highest BCUT2D eigenvalue weighted by Gasteiger charge is 2.16. The Balaban J connectivity index is 1.92. The van der Waals surface area contributed by atoms with Gasteiger partial charge < -0.3 is 10.7 Å². The quantitative estimate of drug-likeness (QED) is 0.760. The molecule has 3 aromatic rings. The molecule has 1 aromatic carbocycles. The fraction of sp³-hybridized carbons (Fsp3) is 0.143. The number of halogens is 3. The third-order valence-electron chi connectivity index (χ3n) is 3.16. The van der Waals surface area contributed by atoms with Crippen LogP contribution < -0.4 is 5.73 Å². The molecular weight excluding hydrogens is 342 g/mol. The molecule has 0 fully saturated rings. The maximum atomic E-state index is 13.2. The van der Waals surface area contributed by atoms with Crippen molar-refractivity contribution >= 4 is 27.0 Å². The molecule has 2 aromatic heterocycles. The second-order valence-electron chi connectivity index (χ2n) is 4.71. The van der Waals surface area contributed by atoms with Gasteiger partial charge in [-0.2, -0.15) is 0 Å². The smallest absolute Gasteiger partial charge is 0.126 e. The number of benzene rings is 1. The van der Waals surface area contributed by atoms with Gasteiger partial charge in [-0.25, -0.2) is 13.8 Å². The molecule has 0 spiro atoms. The van der Waals surface area contributed by atoms with Crippen LogP contribution in [0.1, 0.15) is 17.3 Å². The summed E-state index contributed by atoms with van der Waals surface area (Å²) in [7, 11) is 0. The molecule has 4 nitrogen and oxygen atoms in total. The summed E-state index contributed by atoms with van der Waals surface area (Å²) in [5, 5.41) is 0. The first-order valence-corrected chi connectivity index (χ1v) is 7.02. The van der Waals surface area contributed by atoms with Crippen molar-refractivity contribution in [3.8, 4) is 0 Å². The van der Waals surface area contributed by atoms with E-state index in [1.54, 1.807) is 12.5 Å². The number of aromatic amines is 1. The standard InChI is InChI=1S/C14H11BrF2N4/c15-12-13(19-5-11-14(12)21-6-20-11)10(18)3-7-1-8(16)4-9(17)2-7/h1-2,4-6,10H,3,18H2,(H,20,21). The Labute approximate surface area is 127 Å². The van der Waals surface area contributed by atoms with Crippen molar-refractivity contribution in [2.45, 2.75) is 12.5 Å². The molecule has 21 heavy (non-hydrogen) atoms. The van der Waals surface area contributed by atoms with Crippen molar-refractivity contribution in [3.05, 3.63) is 58.1 Å². The number of imidazole rings is 1. The van der Waals surface area contributed by atoms with Gasteiger partial charge in [-0.3, -0.25) is 4.98 Å². The maximum Gasteiger partial charge on any atom is 0.126 e. The molecule has 1 unspecified atom stereocenters. The van der Waals surface area contributed by atoms with Crippen molar-refractivity contribution < 1.29 is 8.78 Å². The largest absolute Gasteiger partial charge is 0.343 e. The topological polar surface area (TPSA) is 67.6 Å². The third-order valence-corrected chi connectivity index (χ3v) is 3.95. The van der Waals surface area contributed by atoms with E-state index in [4.69, 9.17) is 5.73 Å². The van der Waals surface area contributed by atoms with Gasteiger partial charge in [-0.15, -0.1) is 0 Å². The predicted molar refractivity (Wildman–Crippen MR) is 78.6 cm³/mol. The van der Waals surface area contributed by atoms with Crippen molar-refractivity contribution in [3.63, 3.8) is 0 Å². The average molecular weight is 353 g/mol. The fourth-order valence-corrected chi connectivity index (χ4v) is 2.94. The lowest BCUT2D eigenvalue weighted by atomic mass is 10.0. The van der Waals surface area contributed by atoms with E-state index in [-0.39, 0.29) is 6.42 Å². The summed E-state index contributed by atoms with van der Waals surface area (Å²) in [4.78, 5) is 11.4. The molecule has 1 atom stereocenters. The van der Waals surface area contributed by atoms with Gasteiger partial charge in [-0.1, -0.05) is 0 Å². The monoisotopic (exact) mass is 352 g/mol. The van der Waals surface area contributed by atoms with Gasteiger partial charge in [0.25, 0.3) is 0 Å². The van der Waals surface area contributed by atoms with Crippen LogP contribution in [0.15, 0.2) is 35.2 Å². The van der Waals surface area contributed by atoms with E-state index in [2.05, 4.69) is 30.9 Å². The van der Waals surface area contributed by atoms with Gasteiger partial charge in [0, 0.05) is 6.07 Å². The van der Waals surface area contributed by atoms with Crippen LogP contribution in [-0.4, -0.2) is 15.0 Å². The Morgan fingerprint density at radius 3 is 2.62 bits per heavy atom. The SMILES string of the molecule is NC(Cc1cc(F)cc(F)c1)c1ncc2[nH]cnc2c1Br. The zero-order chi connectivity index (χ0) is 15.0. The van der Waals surface area contributed by atoms with E-state index in [1.807, 2.05) is 0 Å². The average Bonchev–Trinajstić information content (AvgIpc) is 2.86. The first-order valence-electron chi connectivity index (χ1n) is 6.22. The Morgan fingerprint density at radius 1 is 1.19 bits per heavy atom. The predicted octanol–water partition coefficient (Wildman–Crippen LogP) is 3.24. The number of fused-ring (bicyclic) bond motifs is 1. The Kier molecular flexibility index (Phi) is 3.69. The summed E-state index contributed by atoms with van der Waals surface area (Å²) in [6.07, 6.45) is 3.47. The van der Waals surface area contributed by atoms with E-state index in [1.165, 1.54) is 12.1 Å². The number of nitrogens with zero attached hydrogens (tertiary/aromatic N) is 2. The van der Waals surface area contributed by atoms with Crippen molar-refractivity contribution in [1.82, 2.24) is 15.0 Å². The minimum atomic E-state index is -0.619. The van der Waals surface area contributed by atoms with Crippen molar-refractivity contribution in [2.75, 3.05) is 0 Å². The number of hydrogen-bond acceptors (Lipinski definition) is 3. The van der Waals surface area contributed by atoms with Gasteiger partial charge >= 0.3 is 0 Å². The molecule has 3 N–H and O–H groups in total. The minimum absolute atomic E-state index is 0.274. The van der Waals surface area contributed by atoms with Crippen LogP contribution in [0.5, 0.6) is 0 Å². The van der Waals surface area contributed by atoms with E-state index < -0.39 is 17.7 Å². The van der Waals surface area contributed by atoms with Crippen LogP contribution in [0.3, 0.4) is 0 Å². The van der Waals surface area contributed by atoms with Gasteiger partial charge in [0.2, 0.25) is 0 Å². The zero-order valence-corrected chi connectivity index (χ0v) is 12.4. The number of aromatic nitrogens is 3. The van der Waals surface area contributed by atoms with Crippen LogP contribution >= 0.6 is 15.9 Å². The van der Waals surface area contributed by atoms with Crippen LogP contribution in [0, 0.1) is 11.6 Å². The van der Waals surface area contributed by atoms with Crippen LogP contribution in [0.25, 0.3) is 11.0 Å². The number of rotatable bonds is 3. The van der Waals surface area contributed by atoms with E-state index in [0.29, 0.717) is 15.7 Å². The lowest BCUT2D eigenvalue weighted by Crippen LogP contribution is -2.16. The number of nitrogens with one attached hydrogen (secondary N) is 1. The van der Waals surface area contributed by atoms with E-state index in [0.717, 1.165) is 17.1 Å². The van der Waals surface area contributed by atoms with E-state index >= 15 is 0 Å². The van der Waals surface area contributed by atoms with Gasteiger partial charge in [-0.05, 0) is 40.0 Å². The number of nitrogens with two attached hydrogens (primary N) is 1. The second-order valence-corrected chi connectivity index (χ2v) is 5.50. The van der Waals surface area contributed by atoms with Crippen LogP contribution in [-0.2, 0) is 6.42 Å². The molecule has 3 rings (SSSR count). The fourth-order valence-electron chi connectivity index (χ4n) is 2.23. The highest BCUT2D eigenvalue weighted by Crippen LogP contribution is 2.28. The normalized spacial score (nSPS) is 12.8. The Bertz CT molecular complexity index is 783. The van der Waals surface area contributed by atoms with Crippen molar-refractivity contribution in [2.24, 2.45) is 5.73 Å². The first-order chi connectivity index (χ1) is 10.0. The highest BCUT2D eigenvalue weighted by atomic mass is 79.9. The first kappa shape index (κ1) is 14.1. The molecule has 0 aliphatic rings. The molecule has 0 radical (unpaired) electrons. The van der Waals surface area contributed by atoms with Crippen LogP contribution in [0.4, 0.5) is 8.78 Å². The minimum Gasteiger partial charge on any atom is -0.343 e. The summed E-state index contributed by atoms with van der Waals surface area (Å²) < 4.78 is 27.1. The maximum absolute atomic E-state index is 13.2. The van der Waals surface area contributed by atoms with Gasteiger partial charge in [0.1, 0.15) is 17.2 Å². The molecule has 0 amide bonds. The van der Waals surface area contributed by atoms with Gasteiger partial charge in [0.15, 0.2) is 0 Å². The lowest BCUT2D eigenvalue weighted by Gasteiger charge is -2.13. The summed E-state index contributed by atoms with van der Waals surface area (Å²) >= 11 is 3.43. The second kappa shape index (κ2) is 5.50. The highest BCUT2D eigenvalue weighted by molar-refractivity contribution is 9.10.